The van der Waals surface area contributed by atoms with Gasteiger partial charge in [0.2, 0.25) is 5.91 Å². The van der Waals surface area contributed by atoms with Crippen LogP contribution in [0.15, 0.2) is 0 Å². The summed E-state index contributed by atoms with van der Waals surface area (Å²) < 4.78 is 0. The molecule has 2 amide bonds. The molecule has 6 nitrogen and oxygen atoms in total. The van der Waals surface area contributed by atoms with Crippen molar-refractivity contribution in [1.82, 2.24) is 10.2 Å². The van der Waals surface area contributed by atoms with E-state index in [-0.39, 0.29) is 17.7 Å². The van der Waals surface area contributed by atoms with Gasteiger partial charge >= 0.3 is 6.09 Å². The van der Waals surface area contributed by atoms with E-state index in [2.05, 4.69) is 5.32 Å². The summed E-state index contributed by atoms with van der Waals surface area (Å²) in [5.74, 6) is 0.0303. The number of ketones is 1. The van der Waals surface area contributed by atoms with Crippen molar-refractivity contribution in [2.45, 2.75) is 50.6 Å². The molecule has 2 rings (SSSR count). The summed E-state index contributed by atoms with van der Waals surface area (Å²) in [5, 5.41) is 11.8. The highest BCUT2D eigenvalue weighted by Gasteiger charge is 2.35. The number of carbonyl (C=O) groups excluding carboxylic acids is 2. The fourth-order valence-corrected chi connectivity index (χ4v) is 2.65. The lowest BCUT2D eigenvalue weighted by Gasteiger charge is -2.26. The van der Waals surface area contributed by atoms with E-state index in [0.29, 0.717) is 38.6 Å². The Morgan fingerprint density at radius 2 is 1.89 bits per heavy atom. The van der Waals surface area contributed by atoms with Crippen LogP contribution in [0.3, 0.4) is 0 Å². The third kappa shape index (κ3) is 2.80. The van der Waals surface area contributed by atoms with Gasteiger partial charge in [-0.15, -0.1) is 0 Å². The number of carbonyl (C=O) groups is 3. The monoisotopic (exact) mass is 254 g/mol. The highest BCUT2D eigenvalue weighted by Crippen LogP contribution is 2.19. The number of carboxylic acid groups (broad SMARTS) is 1. The molecule has 2 fully saturated rings. The summed E-state index contributed by atoms with van der Waals surface area (Å²) in [6, 6.07) is -0.536. The molecule has 100 valence electrons. The fraction of sp³-hybridized carbons (Fsp3) is 0.750. The van der Waals surface area contributed by atoms with E-state index in [1.54, 1.807) is 0 Å². The molecule has 1 atom stereocenters. The molecule has 1 aliphatic carbocycles. The molecule has 0 spiro atoms. The molecule has 1 unspecified atom stereocenters. The van der Waals surface area contributed by atoms with Crippen LogP contribution in [-0.4, -0.2) is 46.4 Å². The van der Waals surface area contributed by atoms with Crippen molar-refractivity contribution >= 4 is 17.8 Å². The van der Waals surface area contributed by atoms with Gasteiger partial charge in [0.15, 0.2) is 0 Å². The summed E-state index contributed by atoms with van der Waals surface area (Å²) in [5.41, 5.74) is 0. The first kappa shape index (κ1) is 12.9. The molecule has 0 bridgehead atoms. The Bertz CT molecular complexity index is 359. The Morgan fingerprint density at radius 1 is 1.22 bits per heavy atom. The van der Waals surface area contributed by atoms with Crippen LogP contribution in [0.2, 0.25) is 0 Å². The van der Waals surface area contributed by atoms with Gasteiger partial charge in [0.25, 0.3) is 0 Å². The molecule has 0 radical (unpaired) electrons. The third-order valence-corrected chi connectivity index (χ3v) is 3.69. The lowest BCUT2D eigenvalue weighted by Crippen LogP contribution is -2.49. The zero-order valence-electron chi connectivity index (χ0n) is 10.2. The first-order valence-corrected chi connectivity index (χ1v) is 6.39. The Labute approximate surface area is 105 Å². The van der Waals surface area contributed by atoms with Crippen LogP contribution in [0.5, 0.6) is 0 Å². The standard InChI is InChI=1S/C12H18N2O4/c15-9-5-3-8(4-6-9)13-11(16)10-2-1-7-14(10)12(17)18/h8,10H,1-7H2,(H,13,16)(H,17,18). The van der Waals surface area contributed by atoms with Crippen molar-refractivity contribution in [3.63, 3.8) is 0 Å². The van der Waals surface area contributed by atoms with Crippen LogP contribution >= 0.6 is 0 Å². The van der Waals surface area contributed by atoms with Crippen molar-refractivity contribution in [2.24, 2.45) is 0 Å². The highest BCUT2D eigenvalue weighted by molar-refractivity contribution is 5.86. The lowest BCUT2D eigenvalue weighted by atomic mass is 9.94. The first-order valence-electron chi connectivity index (χ1n) is 6.39. The number of amides is 2. The van der Waals surface area contributed by atoms with Crippen LogP contribution in [-0.2, 0) is 9.59 Å². The maximum absolute atomic E-state index is 12.0. The highest BCUT2D eigenvalue weighted by atomic mass is 16.4. The van der Waals surface area contributed by atoms with Gasteiger partial charge in [-0.3, -0.25) is 14.5 Å². The molecular weight excluding hydrogens is 236 g/mol. The summed E-state index contributed by atoms with van der Waals surface area (Å²) >= 11 is 0. The molecule has 18 heavy (non-hydrogen) atoms. The quantitative estimate of drug-likeness (QED) is 0.761. The van der Waals surface area contributed by atoms with Gasteiger partial charge in [0.05, 0.1) is 0 Å². The predicted octanol–water partition coefficient (Wildman–Crippen LogP) is 0.757. The van der Waals surface area contributed by atoms with Crippen LogP contribution in [0.1, 0.15) is 38.5 Å². The second-order valence-electron chi connectivity index (χ2n) is 4.96. The molecule has 6 heteroatoms. The minimum atomic E-state index is -1.04. The van der Waals surface area contributed by atoms with Crippen molar-refractivity contribution < 1.29 is 19.5 Å². The van der Waals surface area contributed by atoms with Crippen molar-refractivity contribution in [2.75, 3.05) is 6.54 Å². The van der Waals surface area contributed by atoms with Crippen LogP contribution in [0.25, 0.3) is 0 Å². The first-order chi connectivity index (χ1) is 8.58. The number of hydrogen-bond acceptors (Lipinski definition) is 3. The molecule has 2 aliphatic rings. The summed E-state index contributed by atoms with van der Waals surface area (Å²) in [6.45, 7) is 0.427. The van der Waals surface area contributed by atoms with Gasteiger partial charge in [-0.2, -0.15) is 0 Å². The maximum Gasteiger partial charge on any atom is 0.407 e. The number of rotatable bonds is 2. The van der Waals surface area contributed by atoms with Crippen molar-refractivity contribution in [3.05, 3.63) is 0 Å². The van der Waals surface area contributed by atoms with Gasteiger partial charge in [0, 0.05) is 25.4 Å². The molecule has 1 aliphatic heterocycles. The Balaban J connectivity index is 1.87. The smallest absolute Gasteiger partial charge is 0.407 e. The van der Waals surface area contributed by atoms with Gasteiger partial charge < -0.3 is 10.4 Å². The molecule has 1 saturated carbocycles. The van der Waals surface area contributed by atoms with E-state index >= 15 is 0 Å². The number of hydrogen-bond donors (Lipinski definition) is 2. The maximum atomic E-state index is 12.0. The average Bonchev–Trinajstić information content (AvgIpc) is 2.81. The van der Waals surface area contributed by atoms with Gasteiger partial charge in [0.1, 0.15) is 11.8 Å². The number of likely N-dealkylation sites (tertiary alicyclic amines) is 1. The van der Waals surface area contributed by atoms with Gasteiger partial charge in [-0.1, -0.05) is 0 Å². The zero-order chi connectivity index (χ0) is 13.1. The topological polar surface area (TPSA) is 86.7 Å². The Kier molecular flexibility index (Phi) is 3.84. The minimum absolute atomic E-state index is 0.0199. The summed E-state index contributed by atoms with van der Waals surface area (Å²) in [6.07, 6.45) is 2.65. The largest absolute Gasteiger partial charge is 0.465 e. The third-order valence-electron chi connectivity index (χ3n) is 3.69. The number of Topliss-reactive ketones (excluding diaryl/α,β-unsaturated/α-hetero) is 1. The molecule has 0 aromatic rings. The molecule has 0 aromatic heterocycles. The Hall–Kier alpha value is -1.59. The SMILES string of the molecule is O=C1CCC(NC(=O)C2CCCN2C(=O)O)CC1. The van der Waals surface area contributed by atoms with Crippen molar-refractivity contribution in [3.8, 4) is 0 Å². The van der Waals surface area contributed by atoms with E-state index in [4.69, 9.17) is 5.11 Å². The number of nitrogens with zero attached hydrogens (tertiary/aromatic N) is 1. The second kappa shape index (κ2) is 5.37. The van der Waals surface area contributed by atoms with E-state index in [1.165, 1.54) is 4.90 Å². The minimum Gasteiger partial charge on any atom is -0.465 e. The summed E-state index contributed by atoms with van der Waals surface area (Å²) in [4.78, 5) is 35.3. The zero-order valence-corrected chi connectivity index (χ0v) is 10.2. The molecule has 1 heterocycles. The van der Waals surface area contributed by atoms with Crippen LogP contribution in [0.4, 0.5) is 4.79 Å². The molecular formula is C12H18N2O4. The summed E-state index contributed by atoms with van der Waals surface area (Å²) in [7, 11) is 0. The van der Waals surface area contributed by atoms with Crippen molar-refractivity contribution in [1.29, 1.82) is 0 Å². The van der Waals surface area contributed by atoms with Crippen LogP contribution < -0.4 is 5.32 Å². The van der Waals surface area contributed by atoms with Gasteiger partial charge in [-0.25, -0.2) is 4.79 Å². The average molecular weight is 254 g/mol. The predicted molar refractivity (Wildman–Crippen MR) is 63.2 cm³/mol. The molecule has 2 N–H and O–H groups in total. The van der Waals surface area contributed by atoms with E-state index in [0.717, 1.165) is 6.42 Å². The van der Waals surface area contributed by atoms with Gasteiger partial charge in [-0.05, 0) is 25.7 Å². The number of nitrogens with one attached hydrogen (secondary N) is 1. The molecule has 0 aromatic carbocycles. The Morgan fingerprint density at radius 3 is 2.50 bits per heavy atom. The molecule has 1 saturated heterocycles. The van der Waals surface area contributed by atoms with E-state index in [9.17, 15) is 14.4 Å². The normalized spacial score (nSPS) is 25.2. The fourth-order valence-electron chi connectivity index (χ4n) is 2.65. The lowest BCUT2D eigenvalue weighted by molar-refractivity contribution is -0.127. The second-order valence-corrected chi connectivity index (χ2v) is 4.96. The van der Waals surface area contributed by atoms with E-state index in [1.807, 2.05) is 0 Å². The van der Waals surface area contributed by atoms with Crippen LogP contribution in [0, 0.1) is 0 Å². The van der Waals surface area contributed by atoms with E-state index < -0.39 is 12.1 Å².